The molecule has 0 saturated carbocycles. The number of carbonyl (C=O) groups is 1. The summed E-state index contributed by atoms with van der Waals surface area (Å²) < 4.78 is 0. The van der Waals surface area contributed by atoms with Crippen LogP contribution in [0.15, 0.2) is 24.3 Å². The monoisotopic (exact) mass is 281 g/mol. The van der Waals surface area contributed by atoms with Crippen LogP contribution in [0.5, 0.6) is 0 Å². The second-order valence-corrected chi connectivity index (χ2v) is 5.60. The molecule has 1 aliphatic heterocycles. The van der Waals surface area contributed by atoms with E-state index < -0.39 is 0 Å². The van der Waals surface area contributed by atoms with Crippen molar-refractivity contribution in [2.24, 2.45) is 5.92 Å². The number of fused-ring (bicyclic) bond motifs is 1. The first kappa shape index (κ1) is 11.6. The molecule has 1 amide bonds. The molecule has 2 nitrogen and oxygen atoms in total. The van der Waals surface area contributed by atoms with Gasteiger partial charge in [0.1, 0.15) is 0 Å². The van der Waals surface area contributed by atoms with Crippen LogP contribution in [0.4, 0.5) is 0 Å². The molecule has 1 aromatic carbocycles. The third kappa shape index (κ3) is 2.14. The van der Waals surface area contributed by atoms with Crippen LogP contribution in [-0.2, 0) is 17.9 Å². The fourth-order valence-electron chi connectivity index (χ4n) is 1.95. The zero-order valence-corrected chi connectivity index (χ0v) is 11.2. The molecule has 3 heteroatoms. The van der Waals surface area contributed by atoms with E-state index in [-0.39, 0.29) is 10.7 Å². The third-order valence-electron chi connectivity index (χ3n) is 2.97. The Bertz CT molecular complexity index is 378. The number of amides is 1. The molecular formula is C13H16BrNO. The average Bonchev–Trinajstić information content (AvgIpc) is 2.70. The molecule has 0 saturated heterocycles. The lowest BCUT2D eigenvalue weighted by Crippen LogP contribution is -2.34. The van der Waals surface area contributed by atoms with E-state index >= 15 is 0 Å². The van der Waals surface area contributed by atoms with Crippen molar-refractivity contribution in [3.05, 3.63) is 35.4 Å². The highest BCUT2D eigenvalue weighted by Gasteiger charge is 2.28. The van der Waals surface area contributed by atoms with Crippen LogP contribution in [0.25, 0.3) is 0 Å². The van der Waals surface area contributed by atoms with Crippen molar-refractivity contribution >= 4 is 21.8 Å². The molecule has 2 rings (SSSR count). The van der Waals surface area contributed by atoms with Crippen molar-refractivity contribution in [3.63, 3.8) is 0 Å². The van der Waals surface area contributed by atoms with Crippen LogP contribution in [0.2, 0.25) is 0 Å². The van der Waals surface area contributed by atoms with E-state index in [9.17, 15) is 4.79 Å². The topological polar surface area (TPSA) is 20.3 Å². The number of carbonyl (C=O) groups excluding carboxylic acids is 1. The minimum atomic E-state index is -0.0678. The molecule has 0 aromatic heterocycles. The summed E-state index contributed by atoms with van der Waals surface area (Å²) in [4.78, 5) is 14.0. The SMILES string of the molecule is CC(C)C(Br)C(=O)N1Cc2ccccc2C1. The van der Waals surface area contributed by atoms with Crippen molar-refractivity contribution in [2.45, 2.75) is 31.8 Å². The Labute approximate surface area is 105 Å². The largest absolute Gasteiger partial charge is 0.333 e. The van der Waals surface area contributed by atoms with Gasteiger partial charge in [-0.2, -0.15) is 0 Å². The van der Waals surface area contributed by atoms with Crippen LogP contribution in [-0.4, -0.2) is 15.6 Å². The summed E-state index contributed by atoms with van der Waals surface area (Å²) in [6, 6.07) is 8.25. The van der Waals surface area contributed by atoms with Gasteiger partial charge in [0, 0.05) is 13.1 Å². The molecule has 0 radical (unpaired) electrons. The maximum absolute atomic E-state index is 12.1. The van der Waals surface area contributed by atoms with Crippen molar-refractivity contribution in [3.8, 4) is 0 Å². The third-order valence-corrected chi connectivity index (χ3v) is 4.42. The Morgan fingerprint density at radius 3 is 2.19 bits per heavy atom. The number of hydrogen-bond acceptors (Lipinski definition) is 1. The lowest BCUT2D eigenvalue weighted by molar-refractivity contribution is -0.131. The molecule has 0 fully saturated rings. The Hall–Kier alpha value is -0.830. The molecule has 0 bridgehead atoms. The molecule has 0 aliphatic carbocycles. The molecule has 0 spiro atoms. The van der Waals surface area contributed by atoms with E-state index in [0.29, 0.717) is 5.92 Å². The molecule has 1 aromatic rings. The van der Waals surface area contributed by atoms with Crippen LogP contribution in [0.3, 0.4) is 0 Å². The highest BCUT2D eigenvalue weighted by Crippen LogP contribution is 2.25. The van der Waals surface area contributed by atoms with E-state index in [1.165, 1.54) is 11.1 Å². The summed E-state index contributed by atoms with van der Waals surface area (Å²) in [5.41, 5.74) is 2.55. The first-order valence-corrected chi connectivity index (χ1v) is 6.51. The number of halogens is 1. The Balaban J connectivity index is 2.09. The zero-order valence-electron chi connectivity index (χ0n) is 9.61. The maximum Gasteiger partial charge on any atom is 0.237 e. The molecule has 1 unspecified atom stereocenters. The molecule has 16 heavy (non-hydrogen) atoms. The van der Waals surface area contributed by atoms with Crippen LogP contribution in [0, 0.1) is 5.92 Å². The zero-order chi connectivity index (χ0) is 11.7. The Morgan fingerprint density at radius 1 is 1.25 bits per heavy atom. The van der Waals surface area contributed by atoms with Gasteiger partial charge >= 0.3 is 0 Å². The lowest BCUT2D eigenvalue weighted by Gasteiger charge is -2.21. The highest BCUT2D eigenvalue weighted by atomic mass is 79.9. The lowest BCUT2D eigenvalue weighted by atomic mass is 10.1. The number of hydrogen-bond donors (Lipinski definition) is 0. The van der Waals surface area contributed by atoms with E-state index in [1.54, 1.807) is 0 Å². The Morgan fingerprint density at radius 2 is 1.75 bits per heavy atom. The first-order chi connectivity index (χ1) is 7.59. The normalized spacial score (nSPS) is 16.4. The number of rotatable bonds is 2. The smallest absolute Gasteiger partial charge is 0.237 e. The second kappa shape index (κ2) is 4.58. The fourth-order valence-corrected chi connectivity index (χ4v) is 2.24. The van der Waals surface area contributed by atoms with Crippen molar-refractivity contribution in [1.82, 2.24) is 4.90 Å². The summed E-state index contributed by atoms with van der Waals surface area (Å²) in [5.74, 6) is 0.530. The first-order valence-electron chi connectivity index (χ1n) is 5.59. The van der Waals surface area contributed by atoms with Crippen LogP contribution in [0.1, 0.15) is 25.0 Å². The minimum absolute atomic E-state index is 0.0678. The van der Waals surface area contributed by atoms with Gasteiger partial charge < -0.3 is 4.90 Å². The van der Waals surface area contributed by atoms with Gasteiger partial charge in [-0.3, -0.25) is 4.79 Å². The van der Waals surface area contributed by atoms with Gasteiger partial charge in [0.15, 0.2) is 0 Å². The van der Waals surface area contributed by atoms with Gasteiger partial charge in [0.25, 0.3) is 0 Å². The standard InChI is InChI=1S/C13H16BrNO/c1-9(2)12(14)13(16)15-7-10-5-3-4-6-11(10)8-15/h3-6,9,12H,7-8H2,1-2H3. The predicted molar refractivity (Wildman–Crippen MR) is 68.2 cm³/mol. The molecule has 1 aliphatic rings. The number of alkyl halides is 1. The fraction of sp³-hybridized carbons (Fsp3) is 0.462. The molecular weight excluding hydrogens is 266 g/mol. The summed E-state index contributed by atoms with van der Waals surface area (Å²) in [5, 5.41) is 0. The summed E-state index contributed by atoms with van der Waals surface area (Å²) in [6.45, 7) is 5.62. The summed E-state index contributed by atoms with van der Waals surface area (Å²) in [6.07, 6.45) is 0. The van der Waals surface area contributed by atoms with Crippen LogP contribution >= 0.6 is 15.9 Å². The van der Waals surface area contributed by atoms with E-state index in [2.05, 4.69) is 41.9 Å². The second-order valence-electron chi connectivity index (χ2n) is 4.61. The average molecular weight is 282 g/mol. The minimum Gasteiger partial charge on any atom is -0.333 e. The molecule has 1 atom stereocenters. The number of nitrogens with zero attached hydrogens (tertiary/aromatic N) is 1. The van der Waals surface area contributed by atoms with Crippen molar-refractivity contribution < 1.29 is 4.79 Å². The summed E-state index contributed by atoms with van der Waals surface area (Å²) >= 11 is 3.47. The van der Waals surface area contributed by atoms with E-state index in [0.717, 1.165) is 13.1 Å². The predicted octanol–water partition coefficient (Wildman–Crippen LogP) is 2.95. The van der Waals surface area contributed by atoms with Crippen LogP contribution < -0.4 is 0 Å². The maximum atomic E-state index is 12.1. The van der Waals surface area contributed by atoms with Gasteiger partial charge in [-0.15, -0.1) is 0 Å². The molecule has 1 heterocycles. The van der Waals surface area contributed by atoms with Crippen molar-refractivity contribution in [1.29, 1.82) is 0 Å². The van der Waals surface area contributed by atoms with Gasteiger partial charge in [-0.25, -0.2) is 0 Å². The van der Waals surface area contributed by atoms with Crippen molar-refractivity contribution in [2.75, 3.05) is 0 Å². The quantitative estimate of drug-likeness (QED) is 0.764. The highest BCUT2D eigenvalue weighted by molar-refractivity contribution is 9.10. The van der Waals surface area contributed by atoms with E-state index in [4.69, 9.17) is 0 Å². The summed E-state index contributed by atoms with van der Waals surface area (Å²) in [7, 11) is 0. The van der Waals surface area contributed by atoms with Gasteiger partial charge in [0.05, 0.1) is 4.83 Å². The Kier molecular flexibility index (Phi) is 3.33. The number of benzene rings is 1. The molecule has 0 N–H and O–H groups in total. The van der Waals surface area contributed by atoms with Gasteiger partial charge in [0.2, 0.25) is 5.91 Å². The van der Waals surface area contributed by atoms with Gasteiger partial charge in [-0.05, 0) is 17.0 Å². The van der Waals surface area contributed by atoms with Gasteiger partial charge in [-0.1, -0.05) is 54.0 Å². The molecule has 86 valence electrons. The van der Waals surface area contributed by atoms with E-state index in [1.807, 2.05) is 17.0 Å².